The van der Waals surface area contributed by atoms with E-state index in [1.54, 1.807) is 0 Å². The van der Waals surface area contributed by atoms with Crippen LogP contribution < -0.4 is 0 Å². The number of benzene rings is 1. The lowest BCUT2D eigenvalue weighted by Gasteiger charge is -2.10. The fourth-order valence-corrected chi connectivity index (χ4v) is 3.11. The van der Waals surface area contributed by atoms with E-state index in [2.05, 4.69) is 4.98 Å². The summed E-state index contributed by atoms with van der Waals surface area (Å²) in [5.41, 5.74) is 0.646. The minimum atomic E-state index is -1.02. The van der Waals surface area contributed by atoms with Gasteiger partial charge in [0.2, 0.25) is 0 Å². The standard InChI is InChI=1S/C15H16F2N2O2/c16-10-6-12-13(7-11(10)17)19(8-15(20)21)14(18-12)5-9-3-1-2-4-9/h6-7,9H,1-5,8H2,(H,20,21). The van der Waals surface area contributed by atoms with E-state index in [4.69, 9.17) is 5.11 Å². The lowest BCUT2D eigenvalue weighted by molar-refractivity contribution is -0.137. The molecule has 1 heterocycles. The predicted octanol–water partition coefficient (Wildman–Crippen LogP) is 3.13. The maximum absolute atomic E-state index is 13.4. The number of halogens is 2. The van der Waals surface area contributed by atoms with Gasteiger partial charge in [0.05, 0.1) is 11.0 Å². The van der Waals surface area contributed by atoms with Crippen molar-refractivity contribution >= 4 is 17.0 Å². The number of carboxylic acid groups (broad SMARTS) is 1. The maximum atomic E-state index is 13.4. The van der Waals surface area contributed by atoms with Crippen molar-refractivity contribution in [3.63, 3.8) is 0 Å². The first-order chi connectivity index (χ1) is 10.0. The van der Waals surface area contributed by atoms with Crippen molar-refractivity contribution in [1.29, 1.82) is 0 Å². The van der Waals surface area contributed by atoms with Crippen molar-refractivity contribution in [2.24, 2.45) is 5.92 Å². The molecule has 1 N–H and O–H groups in total. The molecule has 0 aliphatic heterocycles. The molecule has 0 saturated heterocycles. The number of aliphatic carboxylic acids is 1. The Bertz CT molecular complexity index is 691. The Labute approximate surface area is 120 Å². The van der Waals surface area contributed by atoms with E-state index in [9.17, 15) is 13.6 Å². The predicted molar refractivity (Wildman–Crippen MR) is 72.9 cm³/mol. The monoisotopic (exact) mass is 294 g/mol. The van der Waals surface area contributed by atoms with Gasteiger partial charge < -0.3 is 9.67 Å². The van der Waals surface area contributed by atoms with Gasteiger partial charge in [-0.2, -0.15) is 0 Å². The summed E-state index contributed by atoms with van der Waals surface area (Å²) in [5.74, 6) is -1.89. The number of imidazole rings is 1. The molecule has 21 heavy (non-hydrogen) atoms. The van der Waals surface area contributed by atoms with Gasteiger partial charge in [-0.05, 0) is 5.92 Å². The second kappa shape index (κ2) is 5.42. The van der Waals surface area contributed by atoms with Crippen LogP contribution >= 0.6 is 0 Å². The van der Waals surface area contributed by atoms with Crippen LogP contribution in [0.25, 0.3) is 11.0 Å². The Hall–Kier alpha value is -1.98. The Morgan fingerprint density at radius 1 is 1.29 bits per heavy atom. The largest absolute Gasteiger partial charge is 0.480 e. The zero-order valence-corrected chi connectivity index (χ0v) is 11.5. The van der Waals surface area contributed by atoms with E-state index in [0.29, 0.717) is 29.2 Å². The van der Waals surface area contributed by atoms with Gasteiger partial charge in [-0.3, -0.25) is 4.79 Å². The molecule has 4 nitrogen and oxygen atoms in total. The van der Waals surface area contributed by atoms with Crippen molar-refractivity contribution in [1.82, 2.24) is 9.55 Å². The molecule has 2 aromatic rings. The molecule has 0 spiro atoms. The number of fused-ring (bicyclic) bond motifs is 1. The third kappa shape index (κ3) is 2.75. The summed E-state index contributed by atoms with van der Waals surface area (Å²) < 4.78 is 28.2. The van der Waals surface area contributed by atoms with Crippen LogP contribution in [-0.4, -0.2) is 20.6 Å². The van der Waals surface area contributed by atoms with Crippen LogP contribution in [0, 0.1) is 17.6 Å². The molecular weight excluding hydrogens is 278 g/mol. The van der Waals surface area contributed by atoms with Gasteiger partial charge in [0.1, 0.15) is 12.4 Å². The molecule has 0 radical (unpaired) electrons. The lowest BCUT2D eigenvalue weighted by atomic mass is 10.0. The normalized spacial score (nSPS) is 15.9. The highest BCUT2D eigenvalue weighted by Gasteiger charge is 2.21. The Kier molecular flexibility index (Phi) is 3.61. The molecule has 1 saturated carbocycles. The van der Waals surface area contributed by atoms with Crippen molar-refractivity contribution < 1.29 is 18.7 Å². The average molecular weight is 294 g/mol. The van der Waals surface area contributed by atoms with Crippen LogP contribution in [0.1, 0.15) is 31.5 Å². The molecule has 0 amide bonds. The smallest absolute Gasteiger partial charge is 0.323 e. The summed E-state index contributed by atoms with van der Waals surface area (Å²) in [6, 6.07) is 2.06. The average Bonchev–Trinajstić information content (AvgIpc) is 3.01. The second-order valence-corrected chi connectivity index (χ2v) is 5.62. The van der Waals surface area contributed by atoms with E-state index in [0.717, 1.165) is 25.0 Å². The molecule has 1 fully saturated rings. The van der Waals surface area contributed by atoms with Crippen LogP contribution in [0.15, 0.2) is 12.1 Å². The quantitative estimate of drug-likeness (QED) is 0.942. The molecule has 1 aromatic heterocycles. The third-order valence-electron chi connectivity index (χ3n) is 4.11. The minimum Gasteiger partial charge on any atom is -0.480 e. The number of rotatable bonds is 4. The first-order valence-electron chi connectivity index (χ1n) is 7.10. The maximum Gasteiger partial charge on any atom is 0.323 e. The molecule has 1 aliphatic carbocycles. The zero-order chi connectivity index (χ0) is 15.0. The number of hydrogen-bond acceptors (Lipinski definition) is 2. The fourth-order valence-electron chi connectivity index (χ4n) is 3.11. The molecule has 0 unspecified atom stereocenters. The van der Waals surface area contributed by atoms with E-state index < -0.39 is 17.6 Å². The SMILES string of the molecule is O=C(O)Cn1c(CC2CCCC2)nc2cc(F)c(F)cc21. The number of nitrogens with zero attached hydrogens (tertiary/aromatic N) is 2. The summed E-state index contributed by atoms with van der Waals surface area (Å²) in [7, 11) is 0. The van der Waals surface area contributed by atoms with Crippen molar-refractivity contribution in [2.75, 3.05) is 0 Å². The van der Waals surface area contributed by atoms with Gasteiger partial charge in [-0.25, -0.2) is 13.8 Å². The third-order valence-corrected chi connectivity index (χ3v) is 4.11. The Morgan fingerprint density at radius 3 is 2.62 bits per heavy atom. The van der Waals surface area contributed by atoms with E-state index >= 15 is 0 Å². The van der Waals surface area contributed by atoms with Crippen molar-refractivity contribution in [3.8, 4) is 0 Å². The Balaban J connectivity index is 2.05. The van der Waals surface area contributed by atoms with Crippen LogP contribution in [0.5, 0.6) is 0 Å². The van der Waals surface area contributed by atoms with Gasteiger partial charge in [0, 0.05) is 18.6 Å². The highest BCUT2D eigenvalue weighted by Crippen LogP contribution is 2.29. The summed E-state index contributed by atoms with van der Waals surface area (Å²) in [6.45, 7) is -0.288. The molecule has 0 atom stereocenters. The summed E-state index contributed by atoms with van der Waals surface area (Å²) in [4.78, 5) is 15.4. The minimum absolute atomic E-state index is 0.288. The van der Waals surface area contributed by atoms with Crippen LogP contribution in [0.4, 0.5) is 8.78 Å². The molecule has 1 aromatic carbocycles. The first-order valence-corrected chi connectivity index (χ1v) is 7.10. The second-order valence-electron chi connectivity index (χ2n) is 5.62. The lowest BCUT2D eigenvalue weighted by Crippen LogP contribution is -2.14. The number of carboxylic acids is 1. The van der Waals surface area contributed by atoms with Crippen molar-refractivity contribution in [3.05, 3.63) is 29.6 Å². The van der Waals surface area contributed by atoms with Crippen molar-refractivity contribution in [2.45, 2.75) is 38.6 Å². The fraction of sp³-hybridized carbons (Fsp3) is 0.467. The van der Waals surface area contributed by atoms with Gasteiger partial charge in [0.15, 0.2) is 11.6 Å². The molecule has 112 valence electrons. The summed E-state index contributed by atoms with van der Waals surface area (Å²) in [6.07, 6.45) is 5.20. The van der Waals surface area contributed by atoms with E-state index in [-0.39, 0.29) is 6.54 Å². The van der Waals surface area contributed by atoms with E-state index in [1.165, 1.54) is 17.4 Å². The first kappa shape index (κ1) is 14.0. The molecule has 3 rings (SSSR count). The van der Waals surface area contributed by atoms with Crippen LogP contribution in [0.3, 0.4) is 0 Å². The molecular formula is C15H16F2N2O2. The van der Waals surface area contributed by atoms with Gasteiger partial charge in [0.25, 0.3) is 0 Å². The van der Waals surface area contributed by atoms with E-state index in [1.807, 2.05) is 0 Å². The summed E-state index contributed by atoms with van der Waals surface area (Å²) >= 11 is 0. The number of hydrogen-bond donors (Lipinski definition) is 1. The number of carbonyl (C=O) groups is 1. The Morgan fingerprint density at radius 2 is 1.95 bits per heavy atom. The van der Waals surface area contributed by atoms with Gasteiger partial charge in [-0.1, -0.05) is 25.7 Å². The highest BCUT2D eigenvalue weighted by atomic mass is 19.2. The molecule has 1 aliphatic rings. The zero-order valence-electron chi connectivity index (χ0n) is 11.5. The van der Waals surface area contributed by atoms with Crippen LogP contribution in [0.2, 0.25) is 0 Å². The van der Waals surface area contributed by atoms with Gasteiger partial charge >= 0.3 is 5.97 Å². The molecule has 6 heteroatoms. The molecule has 0 bridgehead atoms. The van der Waals surface area contributed by atoms with Crippen LogP contribution in [-0.2, 0) is 17.8 Å². The highest BCUT2D eigenvalue weighted by molar-refractivity contribution is 5.78. The topological polar surface area (TPSA) is 55.1 Å². The summed E-state index contributed by atoms with van der Waals surface area (Å²) in [5, 5.41) is 9.04. The van der Waals surface area contributed by atoms with Gasteiger partial charge in [-0.15, -0.1) is 0 Å². The number of aromatic nitrogens is 2.